The van der Waals surface area contributed by atoms with E-state index in [0.29, 0.717) is 19.3 Å². The molecule has 0 aromatic carbocycles. The third kappa shape index (κ3) is 3.92. The maximum atomic E-state index is 6.23. The Kier molecular flexibility index (Phi) is 5.89. The van der Waals surface area contributed by atoms with Crippen molar-refractivity contribution >= 4 is 0 Å². The van der Waals surface area contributed by atoms with Crippen LogP contribution < -0.4 is 5.73 Å². The van der Waals surface area contributed by atoms with Gasteiger partial charge in [-0.15, -0.1) is 0 Å². The third-order valence-corrected chi connectivity index (χ3v) is 4.42. The molecule has 106 valence electrons. The summed E-state index contributed by atoms with van der Waals surface area (Å²) in [4.78, 5) is 2.58. The average molecular weight is 256 g/mol. The molecule has 1 aliphatic heterocycles. The Labute approximate surface area is 111 Å². The molecule has 4 nitrogen and oxygen atoms in total. The number of nitrogens with two attached hydrogens (primary N) is 1. The molecule has 0 aromatic rings. The number of hydrogen-bond donors (Lipinski definition) is 1. The first-order valence-electron chi connectivity index (χ1n) is 7.36. The maximum Gasteiger partial charge on any atom is 0.0700 e. The lowest BCUT2D eigenvalue weighted by atomic mass is 9.78. The van der Waals surface area contributed by atoms with Gasteiger partial charge >= 0.3 is 0 Å². The van der Waals surface area contributed by atoms with Crippen molar-refractivity contribution in [2.75, 3.05) is 46.6 Å². The molecule has 2 aliphatic rings. The summed E-state index contributed by atoms with van der Waals surface area (Å²) in [5.74, 6) is 1.62. The molecule has 1 saturated carbocycles. The molecule has 1 heterocycles. The summed E-state index contributed by atoms with van der Waals surface area (Å²) in [7, 11) is 1.71. The molecule has 2 N–H and O–H groups in total. The normalized spacial score (nSPS) is 32.7. The zero-order valence-electron chi connectivity index (χ0n) is 11.6. The van der Waals surface area contributed by atoms with Crippen molar-refractivity contribution in [3.05, 3.63) is 0 Å². The molecule has 3 atom stereocenters. The van der Waals surface area contributed by atoms with Crippen molar-refractivity contribution < 1.29 is 9.47 Å². The van der Waals surface area contributed by atoms with Crippen molar-refractivity contribution in [1.82, 2.24) is 4.90 Å². The van der Waals surface area contributed by atoms with Crippen LogP contribution in [0.25, 0.3) is 0 Å². The predicted octanol–water partition coefficient (Wildman–Crippen LogP) is 1.10. The van der Waals surface area contributed by atoms with Gasteiger partial charge in [0.1, 0.15) is 0 Å². The Morgan fingerprint density at radius 3 is 2.83 bits per heavy atom. The van der Waals surface area contributed by atoms with Gasteiger partial charge in [-0.3, -0.25) is 0 Å². The van der Waals surface area contributed by atoms with Crippen molar-refractivity contribution in [2.24, 2.45) is 17.6 Å². The van der Waals surface area contributed by atoms with Gasteiger partial charge in [-0.25, -0.2) is 0 Å². The molecule has 2 rings (SSSR count). The highest BCUT2D eigenvalue weighted by atomic mass is 16.5. The van der Waals surface area contributed by atoms with E-state index in [4.69, 9.17) is 15.2 Å². The van der Waals surface area contributed by atoms with E-state index in [2.05, 4.69) is 4.90 Å². The highest BCUT2D eigenvalue weighted by Gasteiger charge is 2.38. The van der Waals surface area contributed by atoms with Crippen molar-refractivity contribution in [1.29, 1.82) is 0 Å². The Hall–Kier alpha value is -0.160. The van der Waals surface area contributed by atoms with E-state index in [-0.39, 0.29) is 0 Å². The van der Waals surface area contributed by atoms with Crippen LogP contribution in [0.5, 0.6) is 0 Å². The summed E-state index contributed by atoms with van der Waals surface area (Å²) in [5, 5.41) is 0. The van der Waals surface area contributed by atoms with Gasteiger partial charge in [0.15, 0.2) is 0 Å². The van der Waals surface area contributed by atoms with E-state index < -0.39 is 0 Å². The van der Waals surface area contributed by atoms with E-state index in [1.165, 1.54) is 32.4 Å². The number of ether oxygens (including phenoxy) is 2. The number of fused-ring (bicyclic) bond motifs is 1. The molecule has 0 amide bonds. The van der Waals surface area contributed by atoms with Crippen LogP contribution in [0.3, 0.4) is 0 Å². The van der Waals surface area contributed by atoms with Crippen molar-refractivity contribution in [3.8, 4) is 0 Å². The van der Waals surface area contributed by atoms with E-state index in [1.807, 2.05) is 0 Å². The number of hydrogen-bond acceptors (Lipinski definition) is 4. The van der Waals surface area contributed by atoms with Gasteiger partial charge in [0.2, 0.25) is 0 Å². The highest BCUT2D eigenvalue weighted by molar-refractivity contribution is 4.92. The van der Waals surface area contributed by atoms with Gasteiger partial charge in [0.25, 0.3) is 0 Å². The summed E-state index contributed by atoms with van der Waals surface area (Å²) in [6, 6.07) is 0.451. The minimum absolute atomic E-state index is 0.451. The first-order chi connectivity index (χ1) is 8.81. The topological polar surface area (TPSA) is 47.7 Å². The first kappa shape index (κ1) is 14.3. The van der Waals surface area contributed by atoms with E-state index >= 15 is 0 Å². The van der Waals surface area contributed by atoms with Gasteiger partial charge < -0.3 is 20.1 Å². The zero-order chi connectivity index (χ0) is 12.8. The van der Waals surface area contributed by atoms with Gasteiger partial charge in [-0.05, 0) is 31.1 Å². The summed E-state index contributed by atoms with van der Waals surface area (Å²) < 4.78 is 10.4. The second-order valence-corrected chi connectivity index (χ2v) is 5.74. The lowest BCUT2D eigenvalue weighted by Crippen LogP contribution is -2.38. The summed E-state index contributed by atoms with van der Waals surface area (Å²) >= 11 is 0. The Morgan fingerprint density at radius 2 is 2.06 bits per heavy atom. The van der Waals surface area contributed by atoms with E-state index in [0.717, 1.165) is 31.4 Å². The molecule has 1 aliphatic carbocycles. The molecular weight excluding hydrogens is 228 g/mol. The van der Waals surface area contributed by atoms with Gasteiger partial charge in [0, 0.05) is 39.4 Å². The second-order valence-electron chi connectivity index (χ2n) is 5.74. The molecule has 4 heteroatoms. The third-order valence-electron chi connectivity index (χ3n) is 4.42. The molecule has 0 radical (unpaired) electrons. The minimum atomic E-state index is 0.451. The van der Waals surface area contributed by atoms with Crippen LogP contribution in [-0.2, 0) is 9.47 Å². The number of likely N-dealkylation sites (tertiary alicyclic amines) is 1. The van der Waals surface area contributed by atoms with Gasteiger partial charge in [-0.2, -0.15) is 0 Å². The lowest BCUT2D eigenvalue weighted by Gasteiger charge is -2.29. The average Bonchev–Trinajstić information content (AvgIpc) is 2.78. The van der Waals surface area contributed by atoms with Crippen molar-refractivity contribution in [2.45, 2.75) is 31.7 Å². The Bertz CT molecular complexity index is 238. The van der Waals surface area contributed by atoms with Crippen molar-refractivity contribution in [3.63, 3.8) is 0 Å². The molecular formula is C14H28N2O2. The van der Waals surface area contributed by atoms with Crippen LogP contribution in [0.1, 0.15) is 25.7 Å². The van der Waals surface area contributed by atoms with Gasteiger partial charge in [0.05, 0.1) is 13.2 Å². The minimum Gasteiger partial charge on any atom is -0.382 e. The summed E-state index contributed by atoms with van der Waals surface area (Å²) in [6.07, 6.45) is 5.07. The monoisotopic (exact) mass is 256 g/mol. The zero-order valence-corrected chi connectivity index (χ0v) is 11.6. The molecule has 1 saturated heterocycles. The number of nitrogens with zero attached hydrogens (tertiary/aromatic N) is 1. The van der Waals surface area contributed by atoms with Crippen LogP contribution in [0, 0.1) is 11.8 Å². The Morgan fingerprint density at radius 1 is 1.17 bits per heavy atom. The fourth-order valence-corrected chi connectivity index (χ4v) is 3.43. The summed E-state index contributed by atoms with van der Waals surface area (Å²) in [6.45, 7) is 5.89. The molecule has 2 fully saturated rings. The maximum absolute atomic E-state index is 6.23. The molecule has 3 unspecified atom stereocenters. The van der Waals surface area contributed by atoms with Crippen LogP contribution >= 0.6 is 0 Å². The molecule has 0 spiro atoms. The van der Waals surface area contributed by atoms with Crippen LogP contribution in [0.2, 0.25) is 0 Å². The second kappa shape index (κ2) is 7.43. The van der Waals surface area contributed by atoms with Crippen LogP contribution in [0.15, 0.2) is 0 Å². The fraction of sp³-hybridized carbons (Fsp3) is 1.00. The molecule has 18 heavy (non-hydrogen) atoms. The highest BCUT2D eigenvalue weighted by Crippen LogP contribution is 2.35. The predicted molar refractivity (Wildman–Crippen MR) is 72.6 cm³/mol. The standard InChI is InChI=1S/C14H28N2O2/c1-17-8-9-18-7-3-6-16-10-12-4-2-5-14(15)13(12)11-16/h12-14H,2-11,15H2,1H3. The molecule has 0 bridgehead atoms. The van der Waals surface area contributed by atoms with Crippen LogP contribution in [-0.4, -0.2) is 57.5 Å². The number of rotatable bonds is 7. The fourth-order valence-electron chi connectivity index (χ4n) is 3.43. The smallest absolute Gasteiger partial charge is 0.0700 e. The summed E-state index contributed by atoms with van der Waals surface area (Å²) in [5.41, 5.74) is 6.23. The molecule has 0 aromatic heterocycles. The van der Waals surface area contributed by atoms with Gasteiger partial charge in [-0.1, -0.05) is 6.42 Å². The Balaban J connectivity index is 1.58. The van der Waals surface area contributed by atoms with E-state index in [9.17, 15) is 0 Å². The van der Waals surface area contributed by atoms with Crippen LogP contribution in [0.4, 0.5) is 0 Å². The lowest BCUT2D eigenvalue weighted by molar-refractivity contribution is 0.0660. The number of methoxy groups -OCH3 is 1. The SMILES string of the molecule is COCCOCCCN1CC2CCCC(N)C2C1. The quantitative estimate of drug-likeness (QED) is 0.693. The largest absolute Gasteiger partial charge is 0.382 e. The first-order valence-corrected chi connectivity index (χ1v) is 7.36. The van der Waals surface area contributed by atoms with E-state index in [1.54, 1.807) is 7.11 Å².